The van der Waals surface area contributed by atoms with E-state index in [1.54, 1.807) is 13.1 Å². The number of aliphatic hydroxyl groups is 1. The van der Waals surface area contributed by atoms with Crippen LogP contribution < -0.4 is 5.32 Å². The molecule has 1 aliphatic carbocycles. The number of nitrogens with zero attached hydrogens (tertiary/aromatic N) is 3. The number of hydrogen-bond donors (Lipinski definition) is 2. The smallest absolute Gasteiger partial charge is 0.242 e. The minimum absolute atomic E-state index is 0. The summed E-state index contributed by atoms with van der Waals surface area (Å²) in [5, 5.41) is 13.3. The van der Waals surface area contributed by atoms with Crippen molar-refractivity contribution in [2.75, 3.05) is 33.2 Å². The highest BCUT2D eigenvalue weighted by Gasteiger charge is 2.36. The first-order valence-electron chi connectivity index (χ1n) is 7.77. The molecule has 1 aromatic heterocycles. The quantitative estimate of drug-likeness (QED) is 0.389. The molecule has 0 radical (unpaired) electrons. The van der Waals surface area contributed by atoms with Crippen LogP contribution in [-0.4, -0.2) is 66.0 Å². The van der Waals surface area contributed by atoms with E-state index in [1.165, 1.54) is 11.3 Å². The molecule has 24 heavy (non-hydrogen) atoms. The molecule has 2 N–H and O–H groups in total. The highest BCUT2D eigenvalue weighted by atomic mass is 127. The van der Waals surface area contributed by atoms with Crippen LogP contribution in [0.2, 0.25) is 4.34 Å². The zero-order valence-corrected chi connectivity index (χ0v) is 17.3. The molecule has 1 unspecified atom stereocenters. The van der Waals surface area contributed by atoms with Gasteiger partial charge in [-0.1, -0.05) is 11.6 Å². The molecule has 1 aromatic rings. The van der Waals surface area contributed by atoms with Crippen LogP contribution in [0.1, 0.15) is 23.8 Å². The van der Waals surface area contributed by atoms with Crippen molar-refractivity contribution >= 4 is 58.8 Å². The largest absolute Gasteiger partial charge is 0.386 e. The Balaban J connectivity index is 0.00000208. The third kappa shape index (κ3) is 4.74. The van der Waals surface area contributed by atoms with Gasteiger partial charge in [-0.25, -0.2) is 0 Å². The summed E-state index contributed by atoms with van der Waals surface area (Å²) in [5.74, 6) is 0.808. The Morgan fingerprint density at radius 1 is 1.50 bits per heavy atom. The van der Waals surface area contributed by atoms with Crippen LogP contribution in [0.15, 0.2) is 17.1 Å². The van der Waals surface area contributed by atoms with E-state index in [0.717, 1.165) is 30.8 Å². The molecule has 9 heteroatoms. The van der Waals surface area contributed by atoms with Crippen molar-refractivity contribution in [3.05, 3.63) is 21.3 Å². The maximum absolute atomic E-state index is 12.2. The lowest BCUT2D eigenvalue weighted by molar-refractivity contribution is -0.135. The monoisotopic (exact) mass is 484 g/mol. The zero-order valence-electron chi connectivity index (χ0n) is 13.4. The van der Waals surface area contributed by atoms with Gasteiger partial charge in [0.2, 0.25) is 5.91 Å². The molecular weight excluding hydrogens is 463 g/mol. The van der Waals surface area contributed by atoms with Crippen LogP contribution in [0, 0.1) is 0 Å². The van der Waals surface area contributed by atoms with Crippen LogP contribution in [0.4, 0.5) is 0 Å². The molecule has 3 rings (SSSR count). The molecule has 1 atom stereocenters. The number of carbonyl (C=O) groups excluding carboxylic acids is 1. The number of rotatable bonds is 4. The van der Waals surface area contributed by atoms with E-state index in [1.807, 2.05) is 15.9 Å². The number of amides is 1. The number of hydrogen-bond acceptors (Lipinski definition) is 4. The van der Waals surface area contributed by atoms with Gasteiger partial charge in [-0.05, 0) is 25.0 Å². The number of aliphatic hydroxyl groups excluding tert-OH is 1. The van der Waals surface area contributed by atoms with Gasteiger partial charge in [0.1, 0.15) is 6.10 Å². The summed E-state index contributed by atoms with van der Waals surface area (Å²) in [5.41, 5.74) is 0. The number of guanidine groups is 1. The lowest BCUT2D eigenvalue weighted by atomic mass is 10.3. The first-order valence-corrected chi connectivity index (χ1v) is 8.96. The summed E-state index contributed by atoms with van der Waals surface area (Å²) in [6.45, 7) is 2.19. The van der Waals surface area contributed by atoms with Gasteiger partial charge in [-0.15, -0.1) is 35.3 Å². The normalized spacial score (nSPS) is 20.0. The average molecular weight is 485 g/mol. The van der Waals surface area contributed by atoms with Crippen molar-refractivity contribution in [3.8, 4) is 0 Å². The van der Waals surface area contributed by atoms with E-state index in [9.17, 15) is 9.90 Å². The highest BCUT2D eigenvalue weighted by Crippen LogP contribution is 2.28. The fourth-order valence-electron chi connectivity index (χ4n) is 2.77. The second-order valence-electron chi connectivity index (χ2n) is 5.83. The SMILES string of the molecule is CN=C(NCC(O)c1ccc(Cl)s1)N1CCN(C2CC2)C(=O)C1.I. The Kier molecular flexibility index (Phi) is 7.14. The third-order valence-electron chi connectivity index (χ3n) is 4.13. The molecule has 1 saturated carbocycles. The molecular formula is C15H22ClIN4O2S. The first kappa shape index (κ1) is 19.7. The summed E-state index contributed by atoms with van der Waals surface area (Å²) in [7, 11) is 1.69. The molecule has 2 heterocycles. The molecule has 0 aromatic carbocycles. The van der Waals surface area contributed by atoms with Crippen molar-refractivity contribution < 1.29 is 9.90 Å². The van der Waals surface area contributed by atoms with Crippen LogP contribution in [0.5, 0.6) is 0 Å². The summed E-state index contributed by atoms with van der Waals surface area (Å²) < 4.78 is 0.658. The summed E-state index contributed by atoms with van der Waals surface area (Å²) in [6, 6.07) is 4.06. The van der Waals surface area contributed by atoms with Crippen LogP contribution in [0.3, 0.4) is 0 Å². The third-order valence-corrected chi connectivity index (χ3v) is 5.46. The van der Waals surface area contributed by atoms with E-state index in [0.29, 0.717) is 29.4 Å². The topological polar surface area (TPSA) is 68.2 Å². The number of nitrogens with one attached hydrogen (secondary N) is 1. The maximum Gasteiger partial charge on any atom is 0.242 e. The fraction of sp³-hybridized carbons (Fsp3) is 0.600. The van der Waals surface area contributed by atoms with Crippen molar-refractivity contribution in [1.29, 1.82) is 0 Å². The minimum Gasteiger partial charge on any atom is -0.386 e. The van der Waals surface area contributed by atoms with Crippen LogP contribution >= 0.6 is 46.9 Å². The van der Waals surface area contributed by atoms with E-state index < -0.39 is 6.10 Å². The zero-order chi connectivity index (χ0) is 16.4. The minimum atomic E-state index is -0.646. The van der Waals surface area contributed by atoms with Gasteiger partial charge in [0.05, 0.1) is 10.9 Å². The lowest BCUT2D eigenvalue weighted by Crippen LogP contribution is -2.56. The fourth-order valence-corrected chi connectivity index (χ4v) is 3.81. The van der Waals surface area contributed by atoms with Gasteiger partial charge < -0.3 is 20.2 Å². The number of thiophene rings is 1. The molecule has 134 valence electrons. The van der Waals surface area contributed by atoms with Gasteiger partial charge in [0, 0.05) is 37.6 Å². The Labute approximate surface area is 167 Å². The second-order valence-corrected chi connectivity index (χ2v) is 7.57. The molecule has 2 fully saturated rings. The van der Waals surface area contributed by atoms with Gasteiger partial charge >= 0.3 is 0 Å². The van der Waals surface area contributed by atoms with Crippen molar-refractivity contribution in [2.45, 2.75) is 25.0 Å². The predicted octanol–water partition coefficient (Wildman–Crippen LogP) is 1.93. The summed E-state index contributed by atoms with van der Waals surface area (Å²) in [4.78, 5) is 21.2. The molecule has 0 bridgehead atoms. The molecule has 1 amide bonds. The molecule has 1 aliphatic heterocycles. The average Bonchev–Trinajstić information content (AvgIpc) is 3.28. The standard InChI is InChI=1S/C15H21ClN4O2S.HI/c1-17-15(18-8-11(21)12-4-5-13(16)23-12)19-6-7-20(10-2-3-10)14(22)9-19;/h4-5,10-11,21H,2-3,6-9H2,1H3,(H,17,18);1H. The molecule has 1 saturated heterocycles. The van der Waals surface area contributed by atoms with Gasteiger partial charge in [-0.2, -0.15) is 0 Å². The predicted molar refractivity (Wildman–Crippen MR) is 107 cm³/mol. The Morgan fingerprint density at radius 3 is 2.79 bits per heavy atom. The first-order chi connectivity index (χ1) is 11.1. The molecule has 2 aliphatic rings. The summed E-state index contributed by atoms with van der Waals surface area (Å²) >= 11 is 7.25. The van der Waals surface area contributed by atoms with E-state index in [4.69, 9.17) is 11.6 Å². The van der Waals surface area contributed by atoms with Gasteiger partial charge in [0.25, 0.3) is 0 Å². The number of halogens is 2. The Morgan fingerprint density at radius 2 is 2.25 bits per heavy atom. The Bertz CT molecular complexity index is 608. The highest BCUT2D eigenvalue weighted by molar-refractivity contribution is 14.0. The van der Waals surface area contributed by atoms with E-state index in [-0.39, 0.29) is 29.9 Å². The van der Waals surface area contributed by atoms with Crippen LogP contribution in [0.25, 0.3) is 0 Å². The van der Waals surface area contributed by atoms with Gasteiger partial charge in [-0.3, -0.25) is 9.79 Å². The number of piperazine rings is 1. The molecule has 0 spiro atoms. The number of carbonyl (C=O) groups is 1. The Hall–Kier alpha value is -0.580. The lowest BCUT2D eigenvalue weighted by Gasteiger charge is -2.36. The molecule has 6 nitrogen and oxygen atoms in total. The van der Waals surface area contributed by atoms with Crippen molar-refractivity contribution in [1.82, 2.24) is 15.1 Å². The van der Waals surface area contributed by atoms with Crippen molar-refractivity contribution in [2.24, 2.45) is 4.99 Å². The number of aliphatic imine (C=N–C) groups is 1. The van der Waals surface area contributed by atoms with Crippen LogP contribution in [-0.2, 0) is 4.79 Å². The van der Waals surface area contributed by atoms with E-state index in [2.05, 4.69) is 10.3 Å². The second kappa shape index (κ2) is 8.68. The van der Waals surface area contributed by atoms with Crippen molar-refractivity contribution in [3.63, 3.8) is 0 Å². The maximum atomic E-state index is 12.2. The van der Waals surface area contributed by atoms with Gasteiger partial charge in [0.15, 0.2) is 5.96 Å². The summed E-state index contributed by atoms with van der Waals surface area (Å²) in [6.07, 6.45) is 1.62. The van der Waals surface area contributed by atoms with E-state index >= 15 is 0 Å².